The number of rotatable bonds is 20. The van der Waals surface area contributed by atoms with Gasteiger partial charge in [0.2, 0.25) is 5.91 Å². The molecule has 0 aliphatic carbocycles. The molecule has 17 heteroatoms. The third-order valence-corrected chi connectivity index (χ3v) is 19.6. The van der Waals surface area contributed by atoms with Crippen LogP contribution in [0.4, 0.5) is 17.1 Å². The smallest absolute Gasteiger partial charge is 0.277 e. The first-order valence-corrected chi connectivity index (χ1v) is 28.9. The van der Waals surface area contributed by atoms with Crippen molar-refractivity contribution in [1.82, 2.24) is 0 Å². The minimum Gasteiger partial charge on any atom is -0.493 e. The van der Waals surface area contributed by atoms with Crippen LogP contribution in [0.2, 0.25) is 0 Å². The van der Waals surface area contributed by atoms with Crippen molar-refractivity contribution in [3.63, 3.8) is 0 Å². The van der Waals surface area contributed by atoms with Crippen molar-refractivity contribution in [2.24, 2.45) is 0 Å². The lowest BCUT2D eigenvalue weighted by molar-refractivity contribution is -0.118. The summed E-state index contributed by atoms with van der Waals surface area (Å²) in [4.78, 5) is 58.1. The molecule has 14 nitrogen and oxygen atoms in total. The van der Waals surface area contributed by atoms with Crippen LogP contribution in [0.1, 0.15) is 113 Å². The monoisotopic (exact) mass is 1060 g/mol. The van der Waals surface area contributed by atoms with Crippen LogP contribution in [0.25, 0.3) is 0 Å². The number of anilines is 3. The lowest BCUT2D eigenvalue weighted by atomic mass is 9.96. The summed E-state index contributed by atoms with van der Waals surface area (Å²) in [7, 11) is 1.62. The van der Waals surface area contributed by atoms with Gasteiger partial charge < -0.3 is 34.4 Å². The van der Waals surface area contributed by atoms with Crippen LogP contribution in [0.5, 0.6) is 17.2 Å². The van der Waals surface area contributed by atoms with E-state index in [0.29, 0.717) is 64.6 Å². The summed E-state index contributed by atoms with van der Waals surface area (Å²) in [5.74, 6) is 1.09. The van der Waals surface area contributed by atoms with E-state index in [1.54, 1.807) is 25.0 Å². The average Bonchev–Trinajstić information content (AvgIpc) is 3.91. The molecule has 4 heterocycles. The fourth-order valence-electron chi connectivity index (χ4n) is 10.6. The molecule has 5 aromatic carbocycles. The number of aliphatic hydroxyl groups is 1. The minimum atomic E-state index is -4.00. The van der Waals surface area contributed by atoms with Crippen LogP contribution in [0.15, 0.2) is 91.0 Å². The van der Waals surface area contributed by atoms with Crippen molar-refractivity contribution in [3.8, 4) is 17.2 Å². The molecule has 3 amide bonds. The molecule has 0 saturated carbocycles. The number of benzene rings is 5. The molecule has 0 spiro atoms. The van der Waals surface area contributed by atoms with Crippen LogP contribution >= 0.6 is 21.6 Å². The molecule has 2 unspecified atom stereocenters. The number of amides is 3. The first-order valence-electron chi connectivity index (χ1n) is 25.1. The van der Waals surface area contributed by atoms with Gasteiger partial charge in [-0.05, 0) is 153 Å². The molecule has 4 aliphatic rings. The van der Waals surface area contributed by atoms with Crippen molar-refractivity contribution < 1.29 is 51.1 Å². The van der Waals surface area contributed by atoms with Gasteiger partial charge in [0.1, 0.15) is 24.2 Å². The number of hydrogen-bond donors (Lipinski definition) is 2. The SMILES string of the molecule is CCC(=O)C(CCSSC(C)(C)CCC(=O)Nc1cc(COc2cc3c(cc2C)C(=O)N2c4ccccc4C[C@H]2C(O)C3)cc(COc2cc3c(cc2OC)C(=O)N2c4ccccc4C[C@H]2CC3)c1)S(=O)(=O)OC. The maximum atomic E-state index is 14.2. The summed E-state index contributed by atoms with van der Waals surface area (Å²) in [5.41, 5.74) is 9.49. The number of methoxy groups -OCH3 is 1. The Morgan fingerprint density at radius 3 is 2.12 bits per heavy atom. The van der Waals surface area contributed by atoms with Crippen LogP contribution in [-0.2, 0) is 62.8 Å². The number of aryl methyl sites for hydroxylation is 2. The minimum absolute atomic E-state index is 0.0569. The second kappa shape index (κ2) is 22.2. The van der Waals surface area contributed by atoms with Crippen molar-refractivity contribution in [1.29, 1.82) is 0 Å². The standard InChI is InChI=1S/C57H63N3O11S3/c1-7-48(61)53(74(66,67)69-6)19-21-72-73-57(3,4)20-18-54(63)58-41-24-35(32-70-50-30-40-28-49(62)47-27-39-13-9-11-15-46(39)60(47)56(65)43(40)22-34(50)2)23-36(25-41)33-71-52-29-37-16-17-42-26-38-12-8-10-14-45(38)59(42)55(64)44(37)31-51(52)68-5/h8-15,22-25,29-31,42,47,49,53,62H,7,16-21,26-28,32-33H2,1-6H3,(H,58,63)/t42-,47+,49?,53?/m1/s1. The van der Waals surface area contributed by atoms with Crippen molar-refractivity contribution in [2.45, 2.75) is 127 Å². The Bertz CT molecular complexity index is 3110. The first kappa shape index (κ1) is 53.0. The van der Waals surface area contributed by atoms with E-state index in [0.717, 1.165) is 59.1 Å². The van der Waals surface area contributed by atoms with Gasteiger partial charge in [-0.15, -0.1) is 0 Å². The summed E-state index contributed by atoms with van der Waals surface area (Å²) in [6.45, 7) is 7.77. The molecule has 0 radical (unpaired) electrons. The number of fused-ring (bicyclic) bond motifs is 8. The van der Waals surface area contributed by atoms with Gasteiger partial charge >= 0.3 is 0 Å². The number of hydrogen-bond acceptors (Lipinski definition) is 13. The van der Waals surface area contributed by atoms with Gasteiger partial charge in [0.25, 0.3) is 21.9 Å². The molecule has 9 rings (SSSR count). The van der Waals surface area contributed by atoms with E-state index in [4.69, 9.17) is 14.2 Å². The number of ketones is 1. The Kier molecular flexibility index (Phi) is 15.9. The van der Waals surface area contributed by atoms with Crippen molar-refractivity contribution in [3.05, 3.63) is 141 Å². The van der Waals surface area contributed by atoms with Crippen LogP contribution in [0.3, 0.4) is 0 Å². The third-order valence-electron chi connectivity index (χ3n) is 14.5. The van der Waals surface area contributed by atoms with Crippen LogP contribution < -0.4 is 29.3 Å². The maximum absolute atomic E-state index is 14.2. The van der Waals surface area contributed by atoms with E-state index in [1.165, 1.54) is 27.2 Å². The number of Topliss-reactive ketones (excluding diaryl/α,β-unsaturated/α-hetero) is 1. The number of carbonyl (C=O) groups is 4. The number of nitrogens with one attached hydrogen (secondary N) is 1. The van der Waals surface area contributed by atoms with Gasteiger partial charge in [-0.2, -0.15) is 8.42 Å². The highest BCUT2D eigenvalue weighted by atomic mass is 33.1. The van der Waals surface area contributed by atoms with Gasteiger partial charge in [0, 0.05) is 64.0 Å². The molecule has 74 heavy (non-hydrogen) atoms. The first-order chi connectivity index (χ1) is 35.5. The predicted molar refractivity (Wildman–Crippen MR) is 290 cm³/mol. The largest absolute Gasteiger partial charge is 0.493 e. The van der Waals surface area contributed by atoms with E-state index in [9.17, 15) is 32.7 Å². The molecule has 0 aromatic heterocycles. The summed E-state index contributed by atoms with van der Waals surface area (Å²) < 4.78 is 48.0. The molecule has 0 bridgehead atoms. The Morgan fingerprint density at radius 2 is 1.43 bits per heavy atom. The topological polar surface area (TPSA) is 178 Å². The lowest BCUT2D eigenvalue weighted by Gasteiger charge is -2.26. The molecular weight excluding hydrogens is 999 g/mol. The number of carbonyl (C=O) groups excluding carboxylic acids is 4. The zero-order chi connectivity index (χ0) is 52.5. The highest BCUT2D eigenvalue weighted by molar-refractivity contribution is 8.77. The van der Waals surface area contributed by atoms with E-state index in [2.05, 4.69) is 15.6 Å². The Labute approximate surface area is 441 Å². The molecule has 390 valence electrons. The molecule has 2 N–H and O–H groups in total. The Balaban J connectivity index is 0.919. The van der Waals surface area contributed by atoms with Gasteiger partial charge in [-0.3, -0.25) is 23.4 Å². The predicted octanol–water partition coefficient (Wildman–Crippen LogP) is 9.76. The van der Waals surface area contributed by atoms with Crippen molar-refractivity contribution >= 4 is 72.3 Å². The summed E-state index contributed by atoms with van der Waals surface area (Å²) in [6, 6.07) is 28.6. The summed E-state index contributed by atoms with van der Waals surface area (Å²) >= 11 is 0. The van der Waals surface area contributed by atoms with E-state index < -0.39 is 21.5 Å². The van der Waals surface area contributed by atoms with Gasteiger partial charge in [0.05, 0.1) is 26.4 Å². The van der Waals surface area contributed by atoms with Crippen LogP contribution in [0, 0.1) is 6.92 Å². The molecule has 0 fully saturated rings. The van der Waals surface area contributed by atoms with E-state index in [1.807, 2.05) is 105 Å². The summed E-state index contributed by atoms with van der Waals surface area (Å²) in [5, 5.41) is 13.4. The fourth-order valence-corrected chi connectivity index (χ4v) is 14.5. The normalized spacial score (nSPS) is 18.2. The summed E-state index contributed by atoms with van der Waals surface area (Å²) in [6.07, 6.45) is 3.31. The number of aliphatic hydroxyl groups excluding tert-OH is 1. The van der Waals surface area contributed by atoms with E-state index >= 15 is 0 Å². The molecule has 5 aromatic rings. The molecule has 4 atom stereocenters. The van der Waals surface area contributed by atoms with Gasteiger partial charge in [0.15, 0.2) is 17.3 Å². The van der Waals surface area contributed by atoms with Crippen molar-refractivity contribution in [2.75, 3.05) is 35.1 Å². The second-order valence-electron chi connectivity index (χ2n) is 20.1. The van der Waals surface area contributed by atoms with Gasteiger partial charge in [-0.25, -0.2) is 0 Å². The maximum Gasteiger partial charge on any atom is 0.277 e. The molecule has 0 saturated heterocycles. The highest BCUT2D eigenvalue weighted by Gasteiger charge is 2.42. The molecule has 4 aliphatic heterocycles. The number of nitrogens with zero attached hydrogens (tertiary/aromatic N) is 2. The zero-order valence-electron chi connectivity index (χ0n) is 42.6. The zero-order valence-corrected chi connectivity index (χ0v) is 45.1. The second-order valence-corrected chi connectivity index (χ2v) is 25.1. The number of ether oxygens (including phenoxy) is 3. The Morgan fingerprint density at radius 1 is 0.797 bits per heavy atom. The van der Waals surface area contributed by atoms with Gasteiger partial charge in [-0.1, -0.05) is 64.9 Å². The van der Waals surface area contributed by atoms with Crippen LogP contribution in [-0.4, -0.2) is 85.2 Å². The number of para-hydroxylation sites is 2. The molecular formula is C57H63N3O11S3. The Hall–Kier alpha value is -5.85. The third kappa shape index (κ3) is 11.2. The fraction of sp³-hybridized carbons (Fsp3) is 0.404. The lowest BCUT2D eigenvalue weighted by Crippen LogP contribution is -2.43. The average molecular weight is 1060 g/mol. The van der Waals surface area contributed by atoms with E-state index in [-0.39, 0.29) is 79.2 Å². The quantitative estimate of drug-likeness (QED) is 0.0428. The highest BCUT2D eigenvalue weighted by Crippen LogP contribution is 2.43.